The van der Waals surface area contributed by atoms with Gasteiger partial charge in [-0.2, -0.15) is 5.10 Å². The average molecular weight is 256 g/mol. The Morgan fingerprint density at radius 2 is 2.37 bits per heavy atom. The zero-order valence-electron chi connectivity index (χ0n) is 11.3. The minimum atomic E-state index is 0.400. The van der Waals surface area contributed by atoms with Crippen molar-refractivity contribution in [3.63, 3.8) is 0 Å². The Morgan fingerprint density at radius 3 is 3.21 bits per heavy atom. The predicted molar refractivity (Wildman–Crippen MR) is 77.2 cm³/mol. The molecular formula is C15H20N4. The van der Waals surface area contributed by atoms with E-state index in [-0.39, 0.29) is 0 Å². The second kappa shape index (κ2) is 5.45. The van der Waals surface area contributed by atoms with Gasteiger partial charge < -0.3 is 10.6 Å². The highest BCUT2D eigenvalue weighted by molar-refractivity contribution is 5.61. The number of hydrogen-bond acceptors (Lipinski definition) is 3. The fraction of sp³-hybridized carbons (Fsp3) is 0.400. The fourth-order valence-electron chi connectivity index (χ4n) is 2.60. The molecule has 0 amide bonds. The molecule has 4 heteroatoms. The molecule has 19 heavy (non-hydrogen) atoms. The summed E-state index contributed by atoms with van der Waals surface area (Å²) in [7, 11) is 0. The highest BCUT2D eigenvalue weighted by atomic mass is 15.3. The van der Waals surface area contributed by atoms with E-state index < -0.39 is 0 Å². The summed E-state index contributed by atoms with van der Waals surface area (Å²) < 4.78 is 1.96. The van der Waals surface area contributed by atoms with Crippen LogP contribution >= 0.6 is 0 Å². The summed E-state index contributed by atoms with van der Waals surface area (Å²) in [5.41, 5.74) is 4.14. The summed E-state index contributed by atoms with van der Waals surface area (Å²) in [6.07, 6.45) is 4.96. The molecule has 0 saturated carbocycles. The van der Waals surface area contributed by atoms with Gasteiger partial charge in [-0.15, -0.1) is 0 Å². The van der Waals surface area contributed by atoms with Crippen molar-refractivity contribution < 1.29 is 0 Å². The molecule has 2 heterocycles. The van der Waals surface area contributed by atoms with Crippen LogP contribution in [0, 0.1) is 0 Å². The first-order valence-corrected chi connectivity index (χ1v) is 6.88. The second-order valence-corrected chi connectivity index (χ2v) is 5.14. The Bertz CT molecular complexity index is 533. The van der Waals surface area contributed by atoms with Gasteiger partial charge in [0, 0.05) is 37.2 Å². The first-order valence-electron chi connectivity index (χ1n) is 6.88. The van der Waals surface area contributed by atoms with Gasteiger partial charge in [0.2, 0.25) is 0 Å². The second-order valence-electron chi connectivity index (χ2n) is 5.14. The van der Waals surface area contributed by atoms with E-state index in [0.29, 0.717) is 6.04 Å². The van der Waals surface area contributed by atoms with Gasteiger partial charge in [0.25, 0.3) is 0 Å². The largest absolute Gasteiger partial charge is 0.384 e. The number of fused-ring (bicyclic) bond motifs is 1. The van der Waals surface area contributed by atoms with Gasteiger partial charge in [0.05, 0.1) is 6.54 Å². The van der Waals surface area contributed by atoms with Crippen molar-refractivity contribution in [1.29, 1.82) is 0 Å². The molecule has 0 spiro atoms. The fourth-order valence-corrected chi connectivity index (χ4v) is 2.60. The van der Waals surface area contributed by atoms with Gasteiger partial charge in [-0.25, -0.2) is 0 Å². The Labute approximate surface area is 113 Å². The van der Waals surface area contributed by atoms with Crippen molar-refractivity contribution in [2.24, 2.45) is 0 Å². The lowest BCUT2D eigenvalue weighted by atomic mass is 10.1. The highest BCUT2D eigenvalue weighted by Gasteiger charge is 2.13. The minimum Gasteiger partial charge on any atom is -0.384 e. The third-order valence-corrected chi connectivity index (χ3v) is 3.59. The molecule has 1 aromatic heterocycles. The van der Waals surface area contributed by atoms with Crippen LogP contribution in [0.5, 0.6) is 0 Å². The molecule has 1 aliphatic rings. The van der Waals surface area contributed by atoms with Crippen molar-refractivity contribution in [3.8, 4) is 0 Å². The number of benzene rings is 1. The number of aromatic nitrogens is 2. The van der Waals surface area contributed by atoms with Gasteiger partial charge in [-0.1, -0.05) is 18.2 Å². The van der Waals surface area contributed by atoms with Crippen molar-refractivity contribution in [1.82, 2.24) is 15.1 Å². The third-order valence-electron chi connectivity index (χ3n) is 3.59. The van der Waals surface area contributed by atoms with E-state index in [1.807, 2.05) is 23.1 Å². The highest BCUT2D eigenvalue weighted by Crippen LogP contribution is 2.26. The number of nitrogens with zero attached hydrogens (tertiary/aromatic N) is 2. The normalized spacial score (nSPS) is 15.0. The standard InChI is InChI=1S/C15H20N4/c1-12(11-19-9-3-7-18-19)17-10-14-5-2-4-13-6-8-16-15(13)14/h2-5,7,9,12,16-17H,6,8,10-11H2,1H3. The Balaban J connectivity index is 1.59. The lowest BCUT2D eigenvalue weighted by molar-refractivity contribution is 0.451. The Kier molecular flexibility index (Phi) is 3.51. The maximum Gasteiger partial charge on any atom is 0.0560 e. The molecule has 0 saturated heterocycles. The molecule has 3 rings (SSSR count). The van der Waals surface area contributed by atoms with Gasteiger partial charge in [-0.05, 0) is 30.5 Å². The summed E-state index contributed by atoms with van der Waals surface area (Å²) in [4.78, 5) is 0. The van der Waals surface area contributed by atoms with E-state index >= 15 is 0 Å². The molecule has 100 valence electrons. The summed E-state index contributed by atoms with van der Waals surface area (Å²) >= 11 is 0. The molecule has 0 bridgehead atoms. The SMILES string of the molecule is CC(Cn1cccn1)NCc1cccc2c1NCC2. The van der Waals surface area contributed by atoms with Gasteiger partial charge in [0.15, 0.2) is 0 Å². The van der Waals surface area contributed by atoms with Crippen LogP contribution in [-0.2, 0) is 19.5 Å². The molecule has 0 fully saturated rings. The van der Waals surface area contributed by atoms with Crippen LogP contribution < -0.4 is 10.6 Å². The lowest BCUT2D eigenvalue weighted by Crippen LogP contribution is -2.30. The van der Waals surface area contributed by atoms with Crippen LogP contribution in [0.2, 0.25) is 0 Å². The quantitative estimate of drug-likeness (QED) is 0.860. The van der Waals surface area contributed by atoms with E-state index in [9.17, 15) is 0 Å². The van der Waals surface area contributed by atoms with Crippen molar-refractivity contribution in [2.45, 2.75) is 32.5 Å². The molecule has 2 aromatic rings. The van der Waals surface area contributed by atoms with Crippen molar-refractivity contribution in [2.75, 3.05) is 11.9 Å². The molecule has 2 N–H and O–H groups in total. The smallest absolute Gasteiger partial charge is 0.0560 e. The molecule has 1 aliphatic heterocycles. The Hall–Kier alpha value is -1.81. The predicted octanol–water partition coefficient (Wildman–Crippen LogP) is 2.03. The van der Waals surface area contributed by atoms with Crippen molar-refractivity contribution in [3.05, 3.63) is 47.8 Å². The van der Waals surface area contributed by atoms with Crippen LogP contribution in [0.15, 0.2) is 36.7 Å². The number of hydrogen-bond donors (Lipinski definition) is 2. The Morgan fingerprint density at radius 1 is 1.42 bits per heavy atom. The van der Waals surface area contributed by atoms with Gasteiger partial charge in [-0.3, -0.25) is 4.68 Å². The van der Waals surface area contributed by atoms with Crippen LogP contribution in [0.4, 0.5) is 5.69 Å². The van der Waals surface area contributed by atoms with Gasteiger partial charge in [0.1, 0.15) is 0 Å². The van der Waals surface area contributed by atoms with Crippen LogP contribution in [0.25, 0.3) is 0 Å². The summed E-state index contributed by atoms with van der Waals surface area (Å²) in [5, 5.41) is 11.3. The first kappa shape index (κ1) is 12.2. The van der Waals surface area contributed by atoms with Crippen LogP contribution in [0.3, 0.4) is 0 Å². The summed E-state index contributed by atoms with van der Waals surface area (Å²) in [5.74, 6) is 0. The third kappa shape index (κ3) is 2.79. The van der Waals surface area contributed by atoms with E-state index in [2.05, 4.69) is 40.9 Å². The minimum absolute atomic E-state index is 0.400. The molecular weight excluding hydrogens is 236 g/mol. The number of anilines is 1. The lowest BCUT2D eigenvalue weighted by Gasteiger charge is -2.15. The monoisotopic (exact) mass is 256 g/mol. The molecule has 0 radical (unpaired) electrons. The molecule has 4 nitrogen and oxygen atoms in total. The first-order chi connectivity index (χ1) is 9.33. The maximum absolute atomic E-state index is 4.23. The average Bonchev–Trinajstić information content (AvgIpc) is 3.06. The topological polar surface area (TPSA) is 41.9 Å². The molecule has 0 aliphatic carbocycles. The summed E-state index contributed by atoms with van der Waals surface area (Å²) in [6, 6.07) is 8.93. The van der Waals surface area contributed by atoms with Crippen molar-refractivity contribution >= 4 is 5.69 Å². The molecule has 1 atom stereocenters. The van der Waals surface area contributed by atoms with E-state index in [4.69, 9.17) is 0 Å². The maximum atomic E-state index is 4.23. The zero-order chi connectivity index (χ0) is 13.1. The van der Waals surface area contributed by atoms with E-state index in [1.165, 1.54) is 16.8 Å². The number of para-hydroxylation sites is 1. The van der Waals surface area contributed by atoms with E-state index in [0.717, 1.165) is 26.1 Å². The van der Waals surface area contributed by atoms with Crippen LogP contribution in [-0.4, -0.2) is 22.4 Å². The van der Waals surface area contributed by atoms with E-state index in [1.54, 1.807) is 0 Å². The number of rotatable bonds is 5. The number of nitrogens with one attached hydrogen (secondary N) is 2. The zero-order valence-corrected chi connectivity index (χ0v) is 11.3. The van der Waals surface area contributed by atoms with Gasteiger partial charge >= 0.3 is 0 Å². The molecule has 1 aromatic carbocycles. The molecule has 1 unspecified atom stereocenters. The van der Waals surface area contributed by atoms with Crippen LogP contribution in [0.1, 0.15) is 18.1 Å². The summed E-state index contributed by atoms with van der Waals surface area (Å²) in [6.45, 7) is 5.06.